The molecule has 0 aromatic rings. The van der Waals surface area contributed by atoms with E-state index in [0.717, 1.165) is 19.6 Å². The van der Waals surface area contributed by atoms with Crippen molar-refractivity contribution in [3.05, 3.63) is 0 Å². The Morgan fingerprint density at radius 1 is 1.69 bits per heavy atom. The number of carbonyl (C=O) groups is 1. The lowest BCUT2D eigenvalue weighted by atomic mass is 10.3. The van der Waals surface area contributed by atoms with Crippen LogP contribution in [0.25, 0.3) is 0 Å². The van der Waals surface area contributed by atoms with E-state index in [1.165, 1.54) is 0 Å². The second-order valence-electron chi connectivity index (χ2n) is 3.63. The highest BCUT2D eigenvalue weighted by molar-refractivity contribution is 5.76. The third-order valence-electron chi connectivity index (χ3n) is 2.16. The van der Waals surface area contributed by atoms with Crippen LogP contribution in [0.4, 0.5) is 4.79 Å². The van der Waals surface area contributed by atoms with Gasteiger partial charge < -0.3 is 20.9 Å². The molecular formula is C8H18N4O. The Bertz CT molecular complexity index is 183. The summed E-state index contributed by atoms with van der Waals surface area (Å²) in [6.07, 6.45) is 0. The topological polar surface area (TPSA) is 61.6 Å². The SMILES string of the molecule is CN(C)CCN1CC(CN)NC1=O. The number of urea groups is 1. The first-order chi connectivity index (χ1) is 6.13. The number of hydrogen-bond donors (Lipinski definition) is 2. The van der Waals surface area contributed by atoms with Gasteiger partial charge >= 0.3 is 6.03 Å². The lowest BCUT2D eigenvalue weighted by molar-refractivity contribution is 0.212. The summed E-state index contributed by atoms with van der Waals surface area (Å²) in [4.78, 5) is 15.2. The van der Waals surface area contributed by atoms with Crippen LogP contribution >= 0.6 is 0 Å². The van der Waals surface area contributed by atoms with Gasteiger partial charge in [-0.05, 0) is 14.1 Å². The van der Waals surface area contributed by atoms with Gasteiger partial charge in [0.2, 0.25) is 0 Å². The summed E-state index contributed by atoms with van der Waals surface area (Å²) in [6, 6.07) is 0.145. The van der Waals surface area contributed by atoms with Crippen molar-refractivity contribution in [2.45, 2.75) is 6.04 Å². The maximum Gasteiger partial charge on any atom is 0.317 e. The summed E-state index contributed by atoms with van der Waals surface area (Å²) >= 11 is 0. The van der Waals surface area contributed by atoms with Gasteiger partial charge in [0.1, 0.15) is 0 Å². The molecule has 0 bridgehead atoms. The van der Waals surface area contributed by atoms with Crippen LogP contribution in [0.5, 0.6) is 0 Å². The summed E-state index contributed by atoms with van der Waals surface area (Å²) < 4.78 is 0. The van der Waals surface area contributed by atoms with Crippen molar-refractivity contribution >= 4 is 6.03 Å². The first-order valence-corrected chi connectivity index (χ1v) is 4.53. The Kier molecular flexibility index (Phi) is 3.50. The minimum atomic E-state index is 0.0114. The van der Waals surface area contributed by atoms with Crippen molar-refractivity contribution in [2.75, 3.05) is 40.3 Å². The van der Waals surface area contributed by atoms with Crippen LogP contribution in [0.2, 0.25) is 0 Å². The number of hydrogen-bond acceptors (Lipinski definition) is 3. The van der Waals surface area contributed by atoms with E-state index in [9.17, 15) is 4.79 Å². The molecular weight excluding hydrogens is 168 g/mol. The molecule has 5 heteroatoms. The Morgan fingerprint density at radius 2 is 2.38 bits per heavy atom. The van der Waals surface area contributed by atoms with Gasteiger partial charge in [0.25, 0.3) is 0 Å². The molecule has 2 amide bonds. The smallest absolute Gasteiger partial charge is 0.317 e. The van der Waals surface area contributed by atoms with Crippen LogP contribution in [0.3, 0.4) is 0 Å². The molecule has 1 fully saturated rings. The van der Waals surface area contributed by atoms with Crippen molar-refractivity contribution in [3.63, 3.8) is 0 Å². The normalized spacial score (nSPS) is 22.6. The Morgan fingerprint density at radius 3 is 2.85 bits per heavy atom. The van der Waals surface area contributed by atoms with Gasteiger partial charge in [-0.1, -0.05) is 0 Å². The highest BCUT2D eigenvalue weighted by atomic mass is 16.2. The molecule has 76 valence electrons. The van der Waals surface area contributed by atoms with E-state index in [1.54, 1.807) is 4.90 Å². The summed E-state index contributed by atoms with van der Waals surface area (Å²) in [5.41, 5.74) is 5.46. The maximum atomic E-state index is 11.3. The largest absolute Gasteiger partial charge is 0.332 e. The lowest BCUT2D eigenvalue weighted by Crippen LogP contribution is -2.34. The van der Waals surface area contributed by atoms with Crippen molar-refractivity contribution in [1.29, 1.82) is 0 Å². The summed E-state index contributed by atoms with van der Waals surface area (Å²) in [7, 11) is 3.99. The predicted molar refractivity (Wildman–Crippen MR) is 51.5 cm³/mol. The quantitative estimate of drug-likeness (QED) is 0.586. The molecule has 0 aromatic carbocycles. The minimum Gasteiger partial charge on any atom is -0.332 e. The van der Waals surface area contributed by atoms with Gasteiger partial charge in [-0.3, -0.25) is 0 Å². The number of carbonyl (C=O) groups excluding carboxylic acids is 1. The zero-order valence-electron chi connectivity index (χ0n) is 8.29. The van der Waals surface area contributed by atoms with Crippen LogP contribution in [0.15, 0.2) is 0 Å². The molecule has 1 atom stereocenters. The second-order valence-corrected chi connectivity index (χ2v) is 3.63. The first kappa shape index (κ1) is 10.3. The molecule has 1 aliphatic rings. The molecule has 0 saturated carbocycles. The monoisotopic (exact) mass is 186 g/mol. The van der Waals surface area contributed by atoms with E-state index >= 15 is 0 Å². The molecule has 1 aliphatic heterocycles. The molecule has 0 aliphatic carbocycles. The number of nitrogens with two attached hydrogens (primary N) is 1. The van der Waals surface area contributed by atoms with Gasteiger partial charge in [0.05, 0.1) is 6.04 Å². The third kappa shape index (κ3) is 2.86. The standard InChI is InChI=1S/C8H18N4O/c1-11(2)3-4-12-6-7(5-9)10-8(12)13/h7H,3-6,9H2,1-2H3,(H,10,13). The third-order valence-corrected chi connectivity index (χ3v) is 2.16. The summed E-state index contributed by atoms with van der Waals surface area (Å²) in [5, 5.41) is 2.82. The van der Waals surface area contributed by atoms with Crippen molar-refractivity contribution < 1.29 is 4.79 Å². The number of nitrogens with one attached hydrogen (secondary N) is 1. The molecule has 1 unspecified atom stereocenters. The van der Waals surface area contributed by atoms with Gasteiger partial charge in [-0.15, -0.1) is 0 Å². The Hall–Kier alpha value is -0.810. The van der Waals surface area contributed by atoms with Crippen LogP contribution < -0.4 is 11.1 Å². The fourth-order valence-corrected chi connectivity index (χ4v) is 1.31. The zero-order valence-corrected chi connectivity index (χ0v) is 8.29. The van der Waals surface area contributed by atoms with Gasteiger partial charge in [-0.2, -0.15) is 0 Å². The number of nitrogens with zero attached hydrogens (tertiary/aromatic N) is 2. The lowest BCUT2D eigenvalue weighted by Gasteiger charge is -2.17. The maximum absolute atomic E-state index is 11.3. The predicted octanol–water partition coefficient (Wildman–Crippen LogP) is -1.10. The Labute approximate surface area is 78.9 Å². The average molecular weight is 186 g/mol. The molecule has 1 rings (SSSR count). The summed E-state index contributed by atoms with van der Waals surface area (Å²) in [5.74, 6) is 0. The minimum absolute atomic E-state index is 0.0114. The zero-order chi connectivity index (χ0) is 9.84. The first-order valence-electron chi connectivity index (χ1n) is 4.53. The number of likely N-dealkylation sites (N-methyl/N-ethyl adjacent to an activating group) is 1. The molecule has 1 heterocycles. The van der Waals surface area contributed by atoms with Crippen LogP contribution in [-0.4, -0.2) is 62.1 Å². The van der Waals surface area contributed by atoms with Gasteiger partial charge in [0.15, 0.2) is 0 Å². The Balaban J connectivity index is 2.31. The summed E-state index contributed by atoms with van der Waals surface area (Å²) in [6.45, 7) is 2.92. The average Bonchev–Trinajstić information content (AvgIpc) is 2.43. The van der Waals surface area contributed by atoms with E-state index in [4.69, 9.17) is 5.73 Å². The van der Waals surface area contributed by atoms with Crippen molar-refractivity contribution in [1.82, 2.24) is 15.1 Å². The molecule has 0 spiro atoms. The van der Waals surface area contributed by atoms with Gasteiger partial charge in [0, 0.05) is 26.2 Å². The number of rotatable bonds is 4. The second kappa shape index (κ2) is 4.43. The fraction of sp³-hybridized carbons (Fsp3) is 0.875. The van der Waals surface area contributed by atoms with E-state index in [2.05, 4.69) is 10.2 Å². The van der Waals surface area contributed by atoms with Crippen LogP contribution in [0, 0.1) is 0 Å². The van der Waals surface area contributed by atoms with Crippen LogP contribution in [-0.2, 0) is 0 Å². The molecule has 0 radical (unpaired) electrons. The van der Waals surface area contributed by atoms with E-state index in [1.807, 2.05) is 14.1 Å². The molecule has 0 aromatic heterocycles. The molecule has 3 N–H and O–H groups in total. The number of amides is 2. The fourth-order valence-electron chi connectivity index (χ4n) is 1.31. The van der Waals surface area contributed by atoms with Gasteiger partial charge in [-0.25, -0.2) is 4.79 Å². The van der Waals surface area contributed by atoms with E-state index in [-0.39, 0.29) is 12.1 Å². The highest BCUT2D eigenvalue weighted by Crippen LogP contribution is 2.02. The van der Waals surface area contributed by atoms with Crippen molar-refractivity contribution in [3.8, 4) is 0 Å². The van der Waals surface area contributed by atoms with E-state index < -0.39 is 0 Å². The molecule has 1 saturated heterocycles. The molecule has 5 nitrogen and oxygen atoms in total. The van der Waals surface area contributed by atoms with E-state index in [0.29, 0.717) is 6.54 Å². The van der Waals surface area contributed by atoms with Crippen LogP contribution in [0.1, 0.15) is 0 Å². The highest BCUT2D eigenvalue weighted by Gasteiger charge is 2.26. The molecule has 13 heavy (non-hydrogen) atoms. The van der Waals surface area contributed by atoms with Crippen molar-refractivity contribution in [2.24, 2.45) is 5.73 Å².